The molecule has 0 N–H and O–H groups in total. The number of rotatable bonds is 6. The number of halogens is 1. The summed E-state index contributed by atoms with van der Waals surface area (Å²) in [5.41, 5.74) is 1.16. The molecule has 0 aliphatic carbocycles. The van der Waals surface area contributed by atoms with Crippen molar-refractivity contribution >= 4 is 27.7 Å². The second-order valence-electron chi connectivity index (χ2n) is 6.31. The predicted molar refractivity (Wildman–Crippen MR) is 109 cm³/mol. The summed E-state index contributed by atoms with van der Waals surface area (Å²) >= 11 is 6.08. The second-order valence-corrected chi connectivity index (χ2v) is 8.66. The maximum absolute atomic E-state index is 12.8. The Hall–Kier alpha value is -1.86. The van der Waals surface area contributed by atoms with Crippen LogP contribution in [-0.4, -0.2) is 57.5 Å². The third-order valence-corrected chi connectivity index (χ3v) is 6.76. The highest BCUT2D eigenvalue weighted by atomic mass is 35.5. The van der Waals surface area contributed by atoms with Gasteiger partial charge in [0.25, 0.3) is 0 Å². The van der Waals surface area contributed by atoms with Crippen LogP contribution in [-0.2, 0) is 10.0 Å². The molecule has 2 aromatic rings. The summed E-state index contributed by atoms with van der Waals surface area (Å²) in [6.45, 7) is 3.12. The van der Waals surface area contributed by atoms with Crippen LogP contribution in [0.3, 0.4) is 0 Å². The highest BCUT2D eigenvalue weighted by molar-refractivity contribution is 7.89. The molecule has 2 aromatic carbocycles. The van der Waals surface area contributed by atoms with Gasteiger partial charge in [0.1, 0.15) is 5.75 Å². The van der Waals surface area contributed by atoms with Gasteiger partial charge >= 0.3 is 0 Å². The van der Waals surface area contributed by atoms with E-state index >= 15 is 0 Å². The standard InChI is InChI=1S/C20H23ClN2O3S/c1-26-20-10-9-18(16-19(20)21)27(24,25)23-14-12-22(13-15-23)11-5-8-17-6-3-2-4-7-17/h2-10,16H,11-15H2,1H3/b8-5+. The van der Waals surface area contributed by atoms with Gasteiger partial charge in [-0.15, -0.1) is 0 Å². The molecule has 0 radical (unpaired) electrons. The number of hydrogen-bond donors (Lipinski definition) is 0. The lowest BCUT2D eigenvalue weighted by Gasteiger charge is -2.33. The summed E-state index contributed by atoms with van der Waals surface area (Å²) in [4.78, 5) is 2.44. The van der Waals surface area contributed by atoms with Crippen molar-refractivity contribution in [1.29, 1.82) is 0 Å². The molecule has 5 nitrogen and oxygen atoms in total. The van der Waals surface area contributed by atoms with Crippen LogP contribution in [0.2, 0.25) is 5.02 Å². The van der Waals surface area contributed by atoms with Crippen LogP contribution in [0.15, 0.2) is 59.5 Å². The first-order valence-electron chi connectivity index (χ1n) is 8.78. The summed E-state index contributed by atoms with van der Waals surface area (Å²) in [6.07, 6.45) is 4.20. The van der Waals surface area contributed by atoms with Crippen LogP contribution >= 0.6 is 11.6 Å². The van der Waals surface area contributed by atoms with Gasteiger partial charge in [-0.2, -0.15) is 4.31 Å². The summed E-state index contributed by atoms with van der Waals surface area (Å²) in [5.74, 6) is 0.464. The van der Waals surface area contributed by atoms with Gasteiger partial charge in [-0.1, -0.05) is 54.1 Å². The molecule has 7 heteroatoms. The van der Waals surface area contributed by atoms with Crippen LogP contribution in [0.25, 0.3) is 6.08 Å². The Morgan fingerprint density at radius 2 is 1.78 bits per heavy atom. The minimum atomic E-state index is -3.55. The van der Waals surface area contributed by atoms with Crippen LogP contribution in [0.1, 0.15) is 5.56 Å². The van der Waals surface area contributed by atoms with Crippen molar-refractivity contribution in [3.05, 3.63) is 65.2 Å². The monoisotopic (exact) mass is 406 g/mol. The van der Waals surface area contributed by atoms with Crippen LogP contribution < -0.4 is 4.74 Å². The Morgan fingerprint density at radius 1 is 1.07 bits per heavy atom. The van der Waals surface area contributed by atoms with E-state index in [1.54, 1.807) is 6.07 Å². The fraction of sp³-hybridized carbons (Fsp3) is 0.300. The van der Waals surface area contributed by atoms with Gasteiger partial charge in [-0.3, -0.25) is 4.90 Å². The molecule has 27 heavy (non-hydrogen) atoms. The van der Waals surface area contributed by atoms with Crippen molar-refractivity contribution < 1.29 is 13.2 Å². The molecule has 1 heterocycles. The zero-order chi connectivity index (χ0) is 19.3. The summed E-state index contributed by atoms with van der Waals surface area (Å²) < 4.78 is 32.3. The van der Waals surface area contributed by atoms with E-state index in [1.807, 2.05) is 18.2 Å². The first kappa shape index (κ1) is 19.9. The molecule has 1 fully saturated rings. The Bertz CT molecular complexity index is 893. The molecule has 1 aliphatic heterocycles. The van der Waals surface area contributed by atoms with Crippen LogP contribution in [0.4, 0.5) is 0 Å². The second kappa shape index (κ2) is 8.89. The minimum absolute atomic E-state index is 0.200. The molecule has 1 aliphatic rings. The number of ether oxygens (including phenoxy) is 1. The van der Waals surface area contributed by atoms with Crippen molar-refractivity contribution in [2.45, 2.75) is 4.90 Å². The Morgan fingerprint density at radius 3 is 2.41 bits per heavy atom. The number of piperazine rings is 1. The number of nitrogens with zero attached hydrogens (tertiary/aromatic N) is 2. The van der Waals surface area contributed by atoms with Crippen LogP contribution in [0.5, 0.6) is 5.75 Å². The smallest absolute Gasteiger partial charge is 0.243 e. The number of hydrogen-bond acceptors (Lipinski definition) is 4. The van der Waals surface area contributed by atoms with E-state index in [9.17, 15) is 8.42 Å². The van der Waals surface area contributed by atoms with Crippen molar-refractivity contribution in [2.24, 2.45) is 0 Å². The highest BCUT2D eigenvalue weighted by Gasteiger charge is 2.28. The van der Waals surface area contributed by atoms with Crippen molar-refractivity contribution in [1.82, 2.24) is 9.21 Å². The fourth-order valence-electron chi connectivity index (χ4n) is 3.01. The van der Waals surface area contributed by atoms with E-state index < -0.39 is 10.0 Å². The lowest BCUT2D eigenvalue weighted by molar-refractivity contribution is 0.204. The molecular weight excluding hydrogens is 384 g/mol. The van der Waals surface area contributed by atoms with E-state index in [2.05, 4.69) is 29.2 Å². The number of sulfonamides is 1. The predicted octanol–water partition coefficient (Wildman–Crippen LogP) is 3.37. The Balaban J connectivity index is 1.58. The average molecular weight is 407 g/mol. The lowest BCUT2D eigenvalue weighted by atomic mass is 10.2. The first-order valence-corrected chi connectivity index (χ1v) is 10.6. The van der Waals surface area contributed by atoms with E-state index in [0.29, 0.717) is 37.0 Å². The van der Waals surface area contributed by atoms with Gasteiger partial charge in [-0.05, 0) is 23.8 Å². The maximum atomic E-state index is 12.8. The Labute approximate surface area is 165 Å². The van der Waals surface area contributed by atoms with Gasteiger partial charge in [0.2, 0.25) is 10.0 Å². The third kappa shape index (κ3) is 4.90. The molecule has 0 atom stereocenters. The van der Waals surface area contributed by atoms with Crippen molar-refractivity contribution in [3.63, 3.8) is 0 Å². The topological polar surface area (TPSA) is 49.9 Å². The third-order valence-electron chi connectivity index (χ3n) is 4.57. The Kier molecular flexibility index (Phi) is 6.55. The summed E-state index contributed by atoms with van der Waals surface area (Å²) in [5, 5.41) is 0.295. The van der Waals surface area contributed by atoms with Gasteiger partial charge in [0, 0.05) is 32.7 Å². The van der Waals surface area contributed by atoms with Gasteiger partial charge < -0.3 is 4.74 Å². The van der Waals surface area contributed by atoms with E-state index in [1.165, 1.54) is 23.5 Å². The fourth-order valence-corrected chi connectivity index (χ4v) is 4.78. The summed E-state index contributed by atoms with van der Waals surface area (Å²) in [6, 6.07) is 14.7. The molecule has 3 rings (SSSR count). The van der Waals surface area contributed by atoms with Gasteiger partial charge in [0.05, 0.1) is 17.0 Å². The largest absolute Gasteiger partial charge is 0.495 e. The quantitative estimate of drug-likeness (QED) is 0.738. The molecule has 1 saturated heterocycles. The molecule has 0 unspecified atom stereocenters. The SMILES string of the molecule is COc1ccc(S(=O)(=O)N2CCN(C/C=C/c3ccccc3)CC2)cc1Cl. The van der Waals surface area contributed by atoms with Gasteiger partial charge in [0.15, 0.2) is 0 Å². The molecule has 144 valence electrons. The molecule has 0 saturated carbocycles. The summed E-state index contributed by atoms with van der Waals surface area (Å²) in [7, 11) is -2.05. The molecule has 0 spiro atoms. The number of methoxy groups -OCH3 is 1. The van der Waals surface area contributed by atoms with E-state index in [0.717, 1.165) is 12.1 Å². The average Bonchev–Trinajstić information content (AvgIpc) is 2.69. The van der Waals surface area contributed by atoms with Crippen molar-refractivity contribution in [3.8, 4) is 5.75 Å². The first-order chi connectivity index (χ1) is 13.0. The van der Waals surface area contributed by atoms with E-state index in [4.69, 9.17) is 16.3 Å². The minimum Gasteiger partial charge on any atom is -0.495 e. The van der Waals surface area contributed by atoms with Crippen molar-refractivity contribution in [2.75, 3.05) is 39.8 Å². The van der Waals surface area contributed by atoms with Gasteiger partial charge in [-0.25, -0.2) is 8.42 Å². The maximum Gasteiger partial charge on any atom is 0.243 e. The molecule has 0 aromatic heterocycles. The van der Waals surface area contributed by atoms with E-state index in [-0.39, 0.29) is 4.90 Å². The normalized spacial score (nSPS) is 16.7. The molecular formula is C20H23ClN2O3S. The number of benzene rings is 2. The zero-order valence-corrected chi connectivity index (χ0v) is 16.8. The lowest BCUT2D eigenvalue weighted by Crippen LogP contribution is -2.48. The zero-order valence-electron chi connectivity index (χ0n) is 15.2. The molecule has 0 amide bonds. The highest BCUT2D eigenvalue weighted by Crippen LogP contribution is 2.28. The van der Waals surface area contributed by atoms with Crippen LogP contribution in [0, 0.1) is 0 Å². The molecule has 0 bridgehead atoms.